The summed E-state index contributed by atoms with van der Waals surface area (Å²) in [6.45, 7) is 9.98. The Morgan fingerprint density at radius 2 is 1.56 bits per heavy atom. The van der Waals surface area contributed by atoms with Crippen molar-refractivity contribution in [2.75, 3.05) is 6.54 Å². The summed E-state index contributed by atoms with van der Waals surface area (Å²) in [5.74, 6) is 0. The smallest absolute Gasteiger partial charge is 0.00965 e. The molecule has 0 radical (unpaired) electrons. The van der Waals surface area contributed by atoms with Gasteiger partial charge in [-0.2, -0.15) is 0 Å². The van der Waals surface area contributed by atoms with E-state index >= 15 is 0 Å². The standard InChI is InChI=1S/C14H32N2/c1-5-13(15)11-9-7-6-8-10-12-16-14(2,3)4/h13,16H,5-12,15H2,1-4H3. The first-order valence-corrected chi connectivity index (χ1v) is 6.96. The van der Waals surface area contributed by atoms with Gasteiger partial charge >= 0.3 is 0 Å². The van der Waals surface area contributed by atoms with Gasteiger partial charge in [-0.3, -0.25) is 0 Å². The van der Waals surface area contributed by atoms with Crippen molar-refractivity contribution in [3.05, 3.63) is 0 Å². The average Bonchev–Trinajstić information content (AvgIpc) is 2.20. The Labute approximate surface area is 102 Å². The Bertz CT molecular complexity index is 149. The van der Waals surface area contributed by atoms with Crippen molar-refractivity contribution in [1.29, 1.82) is 0 Å². The van der Waals surface area contributed by atoms with Gasteiger partial charge in [-0.25, -0.2) is 0 Å². The maximum atomic E-state index is 5.87. The number of rotatable bonds is 9. The van der Waals surface area contributed by atoms with Crippen LogP contribution in [0, 0.1) is 0 Å². The van der Waals surface area contributed by atoms with Crippen molar-refractivity contribution in [3.8, 4) is 0 Å². The fourth-order valence-corrected chi connectivity index (χ4v) is 1.73. The Morgan fingerprint density at radius 1 is 1.00 bits per heavy atom. The third-order valence-corrected chi connectivity index (χ3v) is 2.93. The molecule has 0 fully saturated rings. The number of nitrogens with one attached hydrogen (secondary N) is 1. The largest absolute Gasteiger partial charge is 0.328 e. The van der Waals surface area contributed by atoms with Crippen molar-refractivity contribution in [3.63, 3.8) is 0 Å². The van der Waals surface area contributed by atoms with E-state index in [1.54, 1.807) is 0 Å². The Morgan fingerprint density at radius 3 is 2.12 bits per heavy atom. The van der Waals surface area contributed by atoms with Gasteiger partial charge in [0, 0.05) is 11.6 Å². The van der Waals surface area contributed by atoms with Crippen LogP contribution in [-0.2, 0) is 0 Å². The molecule has 0 rings (SSSR count). The lowest BCUT2D eigenvalue weighted by Gasteiger charge is -2.20. The zero-order valence-electron chi connectivity index (χ0n) is 11.8. The SMILES string of the molecule is CCC(N)CCCCCCCNC(C)(C)C. The van der Waals surface area contributed by atoms with Crippen LogP contribution in [0.4, 0.5) is 0 Å². The van der Waals surface area contributed by atoms with Gasteiger partial charge in [0.15, 0.2) is 0 Å². The summed E-state index contributed by atoms with van der Waals surface area (Å²) in [4.78, 5) is 0. The first-order chi connectivity index (χ1) is 7.45. The lowest BCUT2D eigenvalue weighted by Crippen LogP contribution is -2.36. The lowest BCUT2D eigenvalue weighted by molar-refractivity contribution is 0.414. The van der Waals surface area contributed by atoms with E-state index in [1.165, 1.54) is 38.5 Å². The lowest BCUT2D eigenvalue weighted by atomic mass is 10.0. The van der Waals surface area contributed by atoms with E-state index in [4.69, 9.17) is 5.73 Å². The molecule has 2 heteroatoms. The fraction of sp³-hybridized carbons (Fsp3) is 1.00. The van der Waals surface area contributed by atoms with Crippen molar-refractivity contribution < 1.29 is 0 Å². The second-order valence-electron chi connectivity index (χ2n) is 5.90. The molecule has 1 unspecified atom stereocenters. The van der Waals surface area contributed by atoms with Crippen LogP contribution in [0.1, 0.15) is 72.6 Å². The fourth-order valence-electron chi connectivity index (χ4n) is 1.73. The molecule has 0 aromatic heterocycles. The second kappa shape index (κ2) is 9.00. The van der Waals surface area contributed by atoms with Gasteiger partial charge in [0.05, 0.1) is 0 Å². The van der Waals surface area contributed by atoms with Gasteiger partial charge in [0.25, 0.3) is 0 Å². The predicted molar refractivity (Wildman–Crippen MR) is 73.7 cm³/mol. The van der Waals surface area contributed by atoms with Crippen LogP contribution in [0.5, 0.6) is 0 Å². The van der Waals surface area contributed by atoms with Crippen molar-refractivity contribution in [2.45, 2.75) is 84.2 Å². The molecule has 2 nitrogen and oxygen atoms in total. The highest BCUT2D eigenvalue weighted by Crippen LogP contribution is 2.08. The number of hydrogen-bond acceptors (Lipinski definition) is 2. The molecule has 0 aliphatic heterocycles. The van der Waals surface area contributed by atoms with Crippen molar-refractivity contribution in [1.82, 2.24) is 5.32 Å². The number of hydrogen-bond donors (Lipinski definition) is 2. The molecule has 16 heavy (non-hydrogen) atoms. The minimum absolute atomic E-state index is 0.272. The summed E-state index contributed by atoms with van der Waals surface area (Å²) < 4.78 is 0. The van der Waals surface area contributed by atoms with Crippen LogP contribution in [0.25, 0.3) is 0 Å². The quantitative estimate of drug-likeness (QED) is 0.593. The van der Waals surface area contributed by atoms with Gasteiger partial charge in [0.2, 0.25) is 0 Å². The predicted octanol–water partition coefficient (Wildman–Crippen LogP) is 3.45. The molecule has 1 atom stereocenters. The first-order valence-electron chi connectivity index (χ1n) is 6.96. The third kappa shape index (κ3) is 12.0. The Hall–Kier alpha value is -0.0800. The molecule has 0 bridgehead atoms. The molecule has 0 saturated carbocycles. The van der Waals surface area contributed by atoms with Crippen LogP contribution < -0.4 is 11.1 Å². The number of unbranched alkanes of at least 4 members (excludes halogenated alkanes) is 4. The molecule has 3 N–H and O–H groups in total. The second-order valence-corrected chi connectivity index (χ2v) is 5.90. The summed E-state index contributed by atoms with van der Waals surface area (Å²) in [7, 11) is 0. The average molecular weight is 228 g/mol. The summed E-state index contributed by atoms with van der Waals surface area (Å²) >= 11 is 0. The minimum Gasteiger partial charge on any atom is -0.328 e. The van der Waals surface area contributed by atoms with E-state index < -0.39 is 0 Å². The van der Waals surface area contributed by atoms with E-state index in [1.807, 2.05) is 0 Å². The van der Waals surface area contributed by atoms with E-state index in [0.717, 1.165) is 13.0 Å². The van der Waals surface area contributed by atoms with Gasteiger partial charge in [-0.15, -0.1) is 0 Å². The summed E-state index contributed by atoms with van der Waals surface area (Å²) in [6, 6.07) is 0.433. The highest BCUT2D eigenvalue weighted by Gasteiger charge is 2.06. The molecule has 0 aliphatic carbocycles. The van der Waals surface area contributed by atoms with Crippen molar-refractivity contribution >= 4 is 0 Å². The highest BCUT2D eigenvalue weighted by atomic mass is 14.9. The third-order valence-electron chi connectivity index (χ3n) is 2.93. The van der Waals surface area contributed by atoms with Crippen molar-refractivity contribution in [2.24, 2.45) is 5.73 Å². The molecule has 98 valence electrons. The van der Waals surface area contributed by atoms with Crippen LogP contribution in [0.2, 0.25) is 0 Å². The van der Waals surface area contributed by atoms with Crippen LogP contribution in [0.3, 0.4) is 0 Å². The molecule has 0 aliphatic rings. The maximum Gasteiger partial charge on any atom is 0.00965 e. The molecule has 0 amide bonds. The molecule has 0 saturated heterocycles. The molecule has 0 heterocycles. The Kier molecular flexibility index (Phi) is 8.96. The van der Waals surface area contributed by atoms with Gasteiger partial charge in [0.1, 0.15) is 0 Å². The normalized spacial score (nSPS) is 14.1. The zero-order valence-corrected chi connectivity index (χ0v) is 11.8. The van der Waals surface area contributed by atoms with Crippen LogP contribution >= 0.6 is 0 Å². The first kappa shape index (κ1) is 15.9. The zero-order chi connectivity index (χ0) is 12.4. The van der Waals surface area contributed by atoms with Crippen LogP contribution in [0.15, 0.2) is 0 Å². The van der Waals surface area contributed by atoms with Gasteiger partial charge < -0.3 is 11.1 Å². The van der Waals surface area contributed by atoms with E-state index in [9.17, 15) is 0 Å². The van der Waals surface area contributed by atoms with Gasteiger partial charge in [-0.1, -0.05) is 32.6 Å². The summed E-state index contributed by atoms with van der Waals surface area (Å²) in [5.41, 5.74) is 6.14. The Balaban J connectivity index is 3.10. The molecule has 0 spiro atoms. The monoisotopic (exact) mass is 228 g/mol. The van der Waals surface area contributed by atoms with Gasteiger partial charge in [-0.05, 0) is 46.6 Å². The number of nitrogens with two attached hydrogens (primary N) is 1. The molecular formula is C14H32N2. The topological polar surface area (TPSA) is 38.0 Å². The maximum absolute atomic E-state index is 5.87. The van der Waals surface area contributed by atoms with E-state index in [2.05, 4.69) is 33.0 Å². The highest BCUT2D eigenvalue weighted by molar-refractivity contribution is 4.69. The molecular weight excluding hydrogens is 196 g/mol. The summed E-state index contributed by atoms with van der Waals surface area (Å²) in [5, 5.41) is 3.52. The minimum atomic E-state index is 0.272. The van der Waals surface area contributed by atoms with E-state index in [0.29, 0.717) is 6.04 Å². The van der Waals surface area contributed by atoms with E-state index in [-0.39, 0.29) is 5.54 Å². The molecule has 0 aromatic carbocycles. The molecule has 0 aromatic rings. The summed E-state index contributed by atoms with van der Waals surface area (Å²) in [6.07, 6.45) is 9.00. The van der Waals surface area contributed by atoms with Crippen LogP contribution in [-0.4, -0.2) is 18.1 Å².